The molecule has 0 fully saturated rings. The number of sulfonamides is 1. The minimum atomic E-state index is -3.46. The van der Waals surface area contributed by atoms with E-state index in [9.17, 15) is 18.0 Å². The number of amides is 2. The van der Waals surface area contributed by atoms with Crippen LogP contribution in [-0.2, 0) is 26.0 Å². The summed E-state index contributed by atoms with van der Waals surface area (Å²) in [6.45, 7) is 3.12. The van der Waals surface area contributed by atoms with Gasteiger partial charge < -0.3 is 15.6 Å². The monoisotopic (exact) mass is 428 g/mol. The van der Waals surface area contributed by atoms with E-state index >= 15 is 0 Å². The SMILES string of the molecule is CC(=O)NC(Cc1c[nH]c2ccccc12)C(=O)Nc1ccc(C)c(NS(C)(=O)=O)c1. The summed E-state index contributed by atoms with van der Waals surface area (Å²) in [6.07, 6.45) is 3.19. The lowest BCUT2D eigenvalue weighted by atomic mass is 10.0. The van der Waals surface area contributed by atoms with Crippen molar-refractivity contribution < 1.29 is 18.0 Å². The van der Waals surface area contributed by atoms with Crippen LogP contribution >= 0.6 is 0 Å². The van der Waals surface area contributed by atoms with Gasteiger partial charge in [-0.15, -0.1) is 0 Å². The summed E-state index contributed by atoms with van der Waals surface area (Å²) in [6, 6.07) is 11.9. The fourth-order valence-corrected chi connectivity index (χ4v) is 3.83. The molecule has 0 spiro atoms. The van der Waals surface area contributed by atoms with Gasteiger partial charge in [0.2, 0.25) is 21.8 Å². The van der Waals surface area contributed by atoms with E-state index < -0.39 is 22.0 Å². The van der Waals surface area contributed by atoms with E-state index in [1.165, 1.54) is 6.92 Å². The fraction of sp³-hybridized carbons (Fsp3) is 0.238. The quantitative estimate of drug-likeness (QED) is 0.462. The second-order valence-electron chi connectivity index (χ2n) is 7.21. The molecule has 0 radical (unpaired) electrons. The highest BCUT2D eigenvalue weighted by atomic mass is 32.2. The maximum absolute atomic E-state index is 12.9. The molecule has 0 aliphatic heterocycles. The summed E-state index contributed by atoms with van der Waals surface area (Å²) in [5.41, 5.74) is 3.37. The standard InChI is InChI=1S/C21H24N4O4S/c1-13-8-9-16(11-19(13)25-30(3,28)29)24-21(27)20(23-14(2)26)10-15-12-22-18-7-5-4-6-17(15)18/h4-9,11-12,20,22,25H,10H2,1-3H3,(H,23,26)(H,24,27). The Morgan fingerprint density at radius 1 is 1.13 bits per heavy atom. The van der Waals surface area contributed by atoms with Crippen LogP contribution in [-0.4, -0.2) is 37.5 Å². The molecule has 158 valence electrons. The predicted octanol–water partition coefficient (Wildman–Crippen LogP) is 2.53. The molecule has 0 aliphatic carbocycles. The van der Waals surface area contributed by atoms with Crippen molar-refractivity contribution in [1.82, 2.24) is 10.3 Å². The Kier molecular flexibility index (Phi) is 6.12. The van der Waals surface area contributed by atoms with Crippen molar-refractivity contribution in [2.24, 2.45) is 0 Å². The Balaban J connectivity index is 1.82. The van der Waals surface area contributed by atoms with E-state index in [1.807, 2.05) is 30.5 Å². The fourth-order valence-electron chi connectivity index (χ4n) is 3.21. The molecule has 4 N–H and O–H groups in total. The summed E-state index contributed by atoms with van der Waals surface area (Å²) < 4.78 is 25.5. The number of fused-ring (bicyclic) bond motifs is 1. The second-order valence-corrected chi connectivity index (χ2v) is 8.96. The van der Waals surface area contributed by atoms with Crippen LogP contribution in [0.2, 0.25) is 0 Å². The van der Waals surface area contributed by atoms with Crippen LogP contribution in [0.15, 0.2) is 48.7 Å². The number of nitrogens with one attached hydrogen (secondary N) is 4. The van der Waals surface area contributed by atoms with E-state index in [4.69, 9.17) is 0 Å². The third-order valence-electron chi connectivity index (χ3n) is 4.59. The van der Waals surface area contributed by atoms with E-state index in [1.54, 1.807) is 25.1 Å². The number of H-pyrrole nitrogens is 1. The van der Waals surface area contributed by atoms with Crippen molar-refractivity contribution in [2.45, 2.75) is 26.3 Å². The van der Waals surface area contributed by atoms with Crippen molar-refractivity contribution in [3.05, 3.63) is 59.8 Å². The zero-order chi connectivity index (χ0) is 21.9. The number of aromatic amines is 1. The van der Waals surface area contributed by atoms with Crippen LogP contribution in [0.4, 0.5) is 11.4 Å². The van der Waals surface area contributed by atoms with E-state index in [2.05, 4.69) is 20.3 Å². The van der Waals surface area contributed by atoms with Crippen LogP contribution in [0, 0.1) is 6.92 Å². The summed E-state index contributed by atoms with van der Waals surface area (Å²) in [5, 5.41) is 6.44. The van der Waals surface area contributed by atoms with Gasteiger partial charge in [-0.2, -0.15) is 0 Å². The average Bonchev–Trinajstić information content (AvgIpc) is 3.05. The number of benzene rings is 2. The maximum atomic E-state index is 12.9. The van der Waals surface area contributed by atoms with Gasteiger partial charge in [-0.3, -0.25) is 14.3 Å². The molecular weight excluding hydrogens is 404 g/mol. The van der Waals surface area contributed by atoms with Gasteiger partial charge in [-0.1, -0.05) is 24.3 Å². The molecule has 2 aromatic carbocycles. The largest absolute Gasteiger partial charge is 0.361 e. The van der Waals surface area contributed by atoms with Gasteiger partial charge in [-0.25, -0.2) is 8.42 Å². The molecule has 2 amide bonds. The first-order valence-electron chi connectivity index (χ1n) is 9.34. The zero-order valence-electron chi connectivity index (χ0n) is 16.9. The lowest BCUT2D eigenvalue weighted by Crippen LogP contribution is -2.44. The first kappa shape index (κ1) is 21.4. The number of aromatic nitrogens is 1. The maximum Gasteiger partial charge on any atom is 0.247 e. The molecule has 0 saturated carbocycles. The average molecular weight is 429 g/mol. The molecule has 1 unspecified atom stereocenters. The molecule has 1 aromatic heterocycles. The third kappa shape index (κ3) is 5.38. The van der Waals surface area contributed by atoms with Gasteiger partial charge in [0, 0.05) is 36.1 Å². The third-order valence-corrected chi connectivity index (χ3v) is 5.18. The predicted molar refractivity (Wildman–Crippen MR) is 118 cm³/mol. The van der Waals surface area contributed by atoms with E-state index in [0.29, 0.717) is 17.8 Å². The van der Waals surface area contributed by atoms with Gasteiger partial charge in [0.15, 0.2) is 0 Å². The van der Waals surface area contributed by atoms with Crippen molar-refractivity contribution in [1.29, 1.82) is 0 Å². The van der Waals surface area contributed by atoms with Gasteiger partial charge in [0.1, 0.15) is 6.04 Å². The first-order chi connectivity index (χ1) is 14.1. The molecule has 1 atom stereocenters. The molecule has 8 nitrogen and oxygen atoms in total. The Labute approximate surface area is 175 Å². The number of hydrogen-bond donors (Lipinski definition) is 4. The number of aryl methyl sites for hydroxylation is 1. The van der Waals surface area contributed by atoms with Crippen LogP contribution in [0.1, 0.15) is 18.1 Å². The summed E-state index contributed by atoms with van der Waals surface area (Å²) in [5.74, 6) is -0.719. The van der Waals surface area contributed by atoms with Crippen molar-refractivity contribution in [3.8, 4) is 0 Å². The van der Waals surface area contributed by atoms with Crippen LogP contribution in [0.25, 0.3) is 10.9 Å². The van der Waals surface area contributed by atoms with Crippen LogP contribution in [0.5, 0.6) is 0 Å². The summed E-state index contributed by atoms with van der Waals surface area (Å²) in [7, 11) is -3.46. The first-order valence-corrected chi connectivity index (χ1v) is 11.2. The molecule has 0 aliphatic rings. The Hall–Kier alpha value is -3.33. The lowest BCUT2D eigenvalue weighted by molar-refractivity contribution is -0.125. The summed E-state index contributed by atoms with van der Waals surface area (Å²) in [4.78, 5) is 27.8. The molecule has 3 rings (SSSR count). The summed E-state index contributed by atoms with van der Waals surface area (Å²) >= 11 is 0. The molecule has 3 aromatic rings. The molecule has 9 heteroatoms. The minimum Gasteiger partial charge on any atom is -0.361 e. The molecule has 0 saturated heterocycles. The number of para-hydroxylation sites is 1. The van der Waals surface area contributed by atoms with Gasteiger partial charge >= 0.3 is 0 Å². The highest BCUT2D eigenvalue weighted by molar-refractivity contribution is 7.92. The molecular formula is C21H24N4O4S. The van der Waals surface area contributed by atoms with Gasteiger partial charge in [-0.05, 0) is 36.2 Å². The van der Waals surface area contributed by atoms with E-state index in [0.717, 1.165) is 28.3 Å². The highest BCUT2D eigenvalue weighted by Gasteiger charge is 2.22. The zero-order valence-corrected chi connectivity index (χ0v) is 17.8. The van der Waals surface area contributed by atoms with Crippen LogP contribution < -0.4 is 15.4 Å². The Morgan fingerprint density at radius 2 is 1.87 bits per heavy atom. The highest BCUT2D eigenvalue weighted by Crippen LogP contribution is 2.22. The minimum absolute atomic E-state index is 0.301. The van der Waals surface area contributed by atoms with Crippen molar-refractivity contribution in [3.63, 3.8) is 0 Å². The lowest BCUT2D eigenvalue weighted by Gasteiger charge is -2.18. The van der Waals surface area contributed by atoms with Gasteiger partial charge in [0.05, 0.1) is 11.9 Å². The number of anilines is 2. The van der Waals surface area contributed by atoms with Crippen molar-refractivity contribution in [2.75, 3.05) is 16.3 Å². The number of hydrogen-bond acceptors (Lipinski definition) is 4. The molecule has 0 bridgehead atoms. The number of carbonyl (C=O) groups is 2. The van der Waals surface area contributed by atoms with E-state index in [-0.39, 0.29) is 5.91 Å². The van der Waals surface area contributed by atoms with Crippen molar-refractivity contribution >= 4 is 44.1 Å². The molecule has 1 heterocycles. The van der Waals surface area contributed by atoms with Gasteiger partial charge in [0.25, 0.3) is 0 Å². The smallest absolute Gasteiger partial charge is 0.247 e. The second kappa shape index (κ2) is 8.58. The topological polar surface area (TPSA) is 120 Å². The van der Waals surface area contributed by atoms with Crippen LogP contribution in [0.3, 0.4) is 0 Å². The number of rotatable bonds is 7. The Bertz CT molecular complexity index is 1200. The normalized spacial score (nSPS) is 12.4. The number of carbonyl (C=O) groups excluding carboxylic acids is 2. The Morgan fingerprint density at radius 3 is 2.57 bits per heavy atom. The molecule has 30 heavy (non-hydrogen) atoms.